The first kappa shape index (κ1) is 13.9. The molecule has 0 heterocycles. The van der Waals surface area contributed by atoms with Gasteiger partial charge in [-0.15, -0.1) is 0 Å². The van der Waals surface area contributed by atoms with E-state index in [4.69, 9.17) is 9.47 Å². The molecule has 1 atom stereocenters. The van der Waals surface area contributed by atoms with E-state index in [0.29, 0.717) is 5.92 Å². The van der Waals surface area contributed by atoms with E-state index < -0.39 is 0 Å². The number of hydrogen-bond acceptors (Lipinski definition) is 2. The fraction of sp³-hybridized carbons (Fsp3) is 1.00. The average Bonchev–Trinajstić information content (AvgIpc) is 2.21. The lowest BCUT2D eigenvalue weighted by Gasteiger charge is -2.09. The molecule has 0 aliphatic carbocycles. The van der Waals surface area contributed by atoms with Crippen LogP contribution in [0.25, 0.3) is 0 Å². The summed E-state index contributed by atoms with van der Waals surface area (Å²) < 4.78 is 10.9. The van der Waals surface area contributed by atoms with Gasteiger partial charge in [0.1, 0.15) is 0 Å². The second-order valence-electron chi connectivity index (χ2n) is 3.91. The van der Waals surface area contributed by atoms with Crippen LogP contribution in [0.1, 0.15) is 46.5 Å². The van der Waals surface area contributed by atoms with E-state index >= 15 is 0 Å². The van der Waals surface area contributed by atoms with E-state index in [1.807, 2.05) is 0 Å². The quantitative estimate of drug-likeness (QED) is 0.506. The molecular formula is C12H26O2. The monoisotopic (exact) mass is 202 g/mol. The fourth-order valence-corrected chi connectivity index (χ4v) is 1.08. The largest absolute Gasteiger partial charge is 0.379 e. The Morgan fingerprint density at radius 2 is 1.64 bits per heavy atom. The highest BCUT2D eigenvalue weighted by Gasteiger charge is 1.97. The van der Waals surface area contributed by atoms with Crippen LogP contribution in [0.5, 0.6) is 0 Å². The Labute approximate surface area is 89.0 Å². The summed E-state index contributed by atoms with van der Waals surface area (Å²) in [6.07, 6.45) is 4.90. The fourth-order valence-electron chi connectivity index (χ4n) is 1.08. The first-order chi connectivity index (χ1) is 6.81. The van der Waals surface area contributed by atoms with E-state index in [1.54, 1.807) is 0 Å². The van der Waals surface area contributed by atoms with Gasteiger partial charge < -0.3 is 9.47 Å². The van der Waals surface area contributed by atoms with E-state index in [1.165, 1.54) is 25.7 Å². The summed E-state index contributed by atoms with van der Waals surface area (Å²) in [5, 5.41) is 0. The molecular weight excluding hydrogens is 176 g/mol. The number of hydrogen-bond donors (Lipinski definition) is 0. The molecule has 0 radical (unpaired) electrons. The Morgan fingerprint density at radius 3 is 2.29 bits per heavy atom. The first-order valence-electron chi connectivity index (χ1n) is 5.96. The molecule has 0 aromatic carbocycles. The minimum Gasteiger partial charge on any atom is -0.379 e. The van der Waals surface area contributed by atoms with Gasteiger partial charge >= 0.3 is 0 Å². The van der Waals surface area contributed by atoms with Crippen LogP contribution in [-0.2, 0) is 9.47 Å². The van der Waals surface area contributed by atoms with Crippen molar-refractivity contribution in [1.29, 1.82) is 0 Å². The molecule has 0 aliphatic heterocycles. The second-order valence-corrected chi connectivity index (χ2v) is 3.91. The lowest BCUT2D eigenvalue weighted by atomic mass is 10.1. The zero-order chi connectivity index (χ0) is 10.6. The molecule has 2 nitrogen and oxygen atoms in total. The highest BCUT2D eigenvalue weighted by atomic mass is 16.5. The maximum Gasteiger partial charge on any atom is 0.0700 e. The van der Waals surface area contributed by atoms with Crippen molar-refractivity contribution in [2.24, 2.45) is 5.92 Å². The minimum atomic E-state index is 0.676. The van der Waals surface area contributed by atoms with Crippen molar-refractivity contribution in [3.05, 3.63) is 0 Å². The van der Waals surface area contributed by atoms with E-state index in [-0.39, 0.29) is 0 Å². The van der Waals surface area contributed by atoms with E-state index in [0.717, 1.165) is 26.4 Å². The molecule has 0 saturated heterocycles. The van der Waals surface area contributed by atoms with Gasteiger partial charge in [-0.05, 0) is 12.3 Å². The van der Waals surface area contributed by atoms with Crippen molar-refractivity contribution in [2.75, 3.05) is 26.4 Å². The smallest absolute Gasteiger partial charge is 0.0700 e. The first-order valence-corrected chi connectivity index (χ1v) is 5.96. The topological polar surface area (TPSA) is 18.5 Å². The third-order valence-corrected chi connectivity index (χ3v) is 2.36. The summed E-state index contributed by atoms with van der Waals surface area (Å²) in [7, 11) is 0. The third-order valence-electron chi connectivity index (χ3n) is 2.36. The Balaban J connectivity index is 2.92. The van der Waals surface area contributed by atoms with Gasteiger partial charge in [0, 0.05) is 13.2 Å². The van der Waals surface area contributed by atoms with Gasteiger partial charge in [0.05, 0.1) is 13.2 Å². The van der Waals surface area contributed by atoms with Crippen molar-refractivity contribution in [3.63, 3.8) is 0 Å². The molecule has 0 saturated carbocycles. The van der Waals surface area contributed by atoms with Crippen molar-refractivity contribution in [1.82, 2.24) is 0 Å². The second kappa shape index (κ2) is 11.0. The summed E-state index contributed by atoms with van der Waals surface area (Å²) in [4.78, 5) is 0. The summed E-state index contributed by atoms with van der Waals surface area (Å²) in [6.45, 7) is 9.86. The third kappa shape index (κ3) is 10.0. The lowest BCUT2D eigenvalue weighted by Crippen LogP contribution is -2.10. The zero-order valence-corrected chi connectivity index (χ0v) is 10.1. The van der Waals surface area contributed by atoms with Gasteiger partial charge in [0.15, 0.2) is 0 Å². The van der Waals surface area contributed by atoms with Crippen LogP contribution in [0, 0.1) is 5.92 Å². The Morgan fingerprint density at radius 1 is 0.929 bits per heavy atom. The van der Waals surface area contributed by atoms with Crippen molar-refractivity contribution >= 4 is 0 Å². The molecule has 0 aromatic heterocycles. The van der Waals surface area contributed by atoms with Gasteiger partial charge in [-0.25, -0.2) is 0 Å². The van der Waals surface area contributed by atoms with E-state index in [2.05, 4.69) is 20.8 Å². The van der Waals surface area contributed by atoms with Gasteiger partial charge in [0.2, 0.25) is 0 Å². The van der Waals surface area contributed by atoms with Crippen LogP contribution in [0.4, 0.5) is 0 Å². The van der Waals surface area contributed by atoms with Crippen LogP contribution in [0.3, 0.4) is 0 Å². The molecule has 0 spiro atoms. The normalized spacial score (nSPS) is 13.1. The highest BCUT2D eigenvalue weighted by Crippen LogP contribution is 2.00. The van der Waals surface area contributed by atoms with Crippen LogP contribution in [0.15, 0.2) is 0 Å². The molecule has 1 unspecified atom stereocenters. The van der Waals surface area contributed by atoms with Crippen molar-refractivity contribution in [3.8, 4) is 0 Å². The summed E-state index contributed by atoms with van der Waals surface area (Å²) >= 11 is 0. The predicted molar refractivity (Wildman–Crippen MR) is 60.6 cm³/mol. The van der Waals surface area contributed by atoms with Gasteiger partial charge in [-0.1, -0.05) is 40.0 Å². The number of rotatable bonds is 10. The SMILES string of the molecule is CCCCCOCCOCC(C)CC. The molecule has 14 heavy (non-hydrogen) atoms. The van der Waals surface area contributed by atoms with Gasteiger partial charge in [0.25, 0.3) is 0 Å². The summed E-state index contributed by atoms with van der Waals surface area (Å²) in [6, 6.07) is 0. The van der Waals surface area contributed by atoms with Gasteiger partial charge in [-0.2, -0.15) is 0 Å². The molecule has 0 bridgehead atoms. The van der Waals surface area contributed by atoms with Crippen LogP contribution in [0.2, 0.25) is 0 Å². The summed E-state index contributed by atoms with van der Waals surface area (Å²) in [5.41, 5.74) is 0. The molecule has 0 N–H and O–H groups in total. The van der Waals surface area contributed by atoms with Crippen LogP contribution in [-0.4, -0.2) is 26.4 Å². The maximum absolute atomic E-state index is 5.47. The Bertz CT molecular complexity index is 104. The highest BCUT2D eigenvalue weighted by molar-refractivity contribution is 4.45. The summed E-state index contributed by atoms with van der Waals surface area (Å²) in [5.74, 6) is 0.676. The number of unbranched alkanes of at least 4 members (excludes halogenated alkanes) is 2. The van der Waals surface area contributed by atoms with Gasteiger partial charge in [-0.3, -0.25) is 0 Å². The molecule has 0 aromatic rings. The lowest BCUT2D eigenvalue weighted by molar-refractivity contribution is 0.0341. The average molecular weight is 202 g/mol. The molecule has 0 aliphatic rings. The zero-order valence-electron chi connectivity index (χ0n) is 10.1. The number of ether oxygens (including phenoxy) is 2. The van der Waals surface area contributed by atoms with Crippen molar-refractivity contribution in [2.45, 2.75) is 46.5 Å². The van der Waals surface area contributed by atoms with Crippen LogP contribution >= 0.6 is 0 Å². The maximum atomic E-state index is 5.47. The van der Waals surface area contributed by atoms with Crippen LogP contribution < -0.4 is 0 Å². The predicted octanol–water partition coefficient (Wildman–Crippen LogP) is 3.26. The Hall–Kier alpha value is -0.0800. The standard InChI is InChI=1S/C12H26O2/c1-4-6-7-8-13-9-10-14-11-12(3)5-2/h12H,4-11H2,1-3H3. The molecule has 2 heteroatoms. The molecule has 0 rings (SSSR count). The Kier molecular flexibility index (Phi) is 10.9. The molecule has 86 valence electrons. The molecule has 0 amide bonds. The minimum absolute atomic E-state index is 0.676. The van der Waals surface area contributed by atoms with E-state index in [9.17, 15) is 0 Å². The van der Waals surface area contributed by atoms with Crippen molar-refractivity contribution < 1.29 is 9.47 Å². The molecule has 0 fully saturated rings.